The van der Waals surface area contributed by atoms with Gasteiger partial charge in [0.2, 0.25) is 0 Å². The topological polar surface area (TPSA) is 0 Å². The van der Waals surface area contributed by atoms with E-state index in [4.69, 9.17) is 0 Å². The quantitative estimate of drug-likeness (QED) is 0.614. The Labute approximate surface area is 101 Å². The van der Waals surface area contributed by atoms with Crippen molar-refractivity contribution >= 4 is 0 Å². The van der Waals surface area contributed by atoms with Crippen molar-refractivity contribution in [1.29, 1.82) is 0 Å². The highest BCUT2D eigenvalue weighted by Crippen LogP contribution is 2.46. The first-order valence-corrected chi connectivity index (χ1v) is 6.88. The van der Waals surface area contributed by atoms with Gasteiger partial charge in [0.05, 0.1) is 0 Å². The summed E-state index contributed by atoms with van der Waals surface area (Å²) in [6.45, 7) is 11.9. The number of allylic oxidation sites excluding steroid dienone is 4. The van der Waals surface area contributed by atoms with Crippen LogP contribution < -0.4 is 0 Å². The molecule has 0 bridgehead atoms. The molecule has 0 N–H and O–H groups in total. The van der Waals surface area contributed by atoms with Gasteiger partial charge < -0.3 is 0 Å². The van der Waals surface area contributed by atoms with Gasteiger partial charge in [0.1, 0.15) is 0 Å². The first kappa shape index (κ1) is 12.0. The largest absolute Gasteiger partial charge is 0.0690 e. The molecule has 2 unspecified atom stereocenters. The minimum Gasteiger partial charge on any atom is -0.0690 e. The maximum Gasteiger partial charge on any atom is -0.0102 e. The van der Waals surface area contributed by atoms with Crippen LogP contribution in [0, 0.1) is 23.7 Å². The summed E-state index contributed by atoms with van der Waals surface area (Å²) in [5.74, 6) is 3.39. The molecule has 0 aromatic rings. The van der Waals surface area contributed by atoms with Crippen molar-refractivity contribution in [1.82, 2.24) is 0 Å². The molecule has 0 saturated carbocycles. The van der Waals surface area contributed by atoms with Gasteiger partial charge in [-0.25, -0.2) is 0 Å². The zero-order chi connectivity index (χ0) is 11.9. The Kier molecular flexibility index (Phi) is 3.28. The molecule has 16 heavy (non-hydrogen) atoms. The lowest BCUT2D eigenvalue weighted by Crippen LogP contribution is -2.24. The van der Waals surface area contributed by atoms with Crippen LogP contribution in [0.4, 0.5) is 0 Å². The molecule has 0 aliphatic heterocycles. The number of hydrogen-bond donors (Lipinski definition) is 0. The number of hydrogen-bond acceptors (Lipinski definition) is 0. The first-order valence-electron chi connectivity index (χ1n) is 6.88. The van der Waals surface area contributed by atoms with Gasteiger partial charge in [0, 0.05) is 0 Å². The van der Waals surface area contributed by atoms with E-state index in [1.807, 2.05) is 0 Å². The van der Waals surface area contributed by atoms with E-state index in [1.165, 1.54) is 19.3 Å². The Hall–Kier alpha value is -0.520. The lowest BCUT2D eigenvalue weighted by molar-refractivity contribution is 0.258. The van der Waals surface area contributed by atoms with Gasteiger partial charge >= 0.3 is 0 Å². The molecular formula is C16H26. The minimum atomic E-state index is 0.800. The van der Waals surface area contributed by atoms with Crippen molar-refractivity contribution in [2.45, 2.75) is 53.9 Å². The van der Waals surface area contributed by atoms with E-state index in [0.717, 1.165) is 23.7 Å². The van der Waals surface area contributed by atoms with Crippen LogP contribution in [-0.2, 0) is 0 Å². The third kappa shape index (κ3) is 2.12. The molecule has 0 saturated heterocycles. The molecule has 90 valence electrons. The van der Waals surface area contributed by atoms with Crippen LogP contribution in [0.3, 0.4) is 0 Å². The van der Waals surface area contributed by atoms with E-state index in [2.05, 4.69) is 40.7 Å². The number of rotatable bonds is 2. The Morgan fingerprint density at radius 2 is 1.81 bits per heavy atom. The summed E-state index contributed by atoms with van der Waals surface area (Å²) in [6, 6.07) is 0. The normalized spacial score (nSPS) is 30.1. The molecule has 0 radical (unpaired) electrons. The fourth-order valence-corrected chi connectivity index (χ4v) is 3.41. The molecule has 2 aliphatic rings. The van der Waals surface area contributed by atoms with Crippen LogP contribution in [-0.4, -0.2) is 0 Å². The van der Waals surface area contributed by atoms with Crippen LogP contribution in [0.25, 0.3) is 0 Å². The van der Waals surface area contributed by atoms with Crippen LogP contribution >= 0.6 is 0 Å². The molecule has 0 aromatic carbocycles. The summed E-state index contributed by atoms with van der Waals surface area (Å²) in [4.78, 5) is 0. The highest BCUT2D eigenvalue weighted by Gasteiger charge is 2.33. The molecule has 0 heteroatoms. The molecule has 0 fully saturated rings. The summed E-state index contributed by atoms with van der Waals surface area (Å²) in [5.41, 5.74) is 5.06. The van der Waals surface area contributed by atoms with E-state index in [9.17, 15) is 0 Å². The van der Waals surface area contributed by atoms with Crippen molar-refractivity contribution in [3.63, 3.8) is 0 Å². The van der Waals surface area contributed by atoms with Crippen LogP contribution in [0.2, 0.25) is 0 Å². The van der Waals surface area contributed by atoms with E-state index in [-0.39, 0.29) is 0 Å². The second kappa shape index (κ2) is 4.39. The molecule has 0 spiro atoms. The minimum absolute atomic E-state index is 0.800. The Morgan fingerprint density at radius 1 is 1.12 bits per heavy atom. The molecule has 2 rings (SSSR count). The summed E-state index contributed by atoms with van der Waals surface area (Å²) in [6.07, 6.45) is 6.53. The van der Waals surface area contributed by atoms with Gasteiger partial charge in [-0.15, -0.1) is 0 Å². The lowest BCUT2D eigenvalue weighted by Gasteiger charge is -2.35. The van der Waals surface area contributed by atoms with E-state index in [1.54, 1.807) is 16.7 Å². The van der Waals surface area contributed by atoms with Gasteiger partial charge in [0.15, 0.2) is 0 Å². The SMILES string of the molecule is CC1=CC2=C(C1)CC(C(C)C)CC2C(C)C. The lowest BCUT2D eigenvalue weighted by atomic mass is 9.70. The third-order valence-corrected chi connectivity index (χ3v) is 4.51. The molecule has 2 atom stereocenters. The molecule has 0 nitrogen and oxygen atoms in total. The van der Waals surface area contributed by atoms with Gasteiger partial charge in [-0.2, -0.15) is 0 Å². The molecule has 0 heterocycles. The summed E-state index contributed by atoms with van der Waals surface area (Å²) in [5, 5.41) is 0. The fourth-order valence-electron chi connectivity index (χ4n) is 3.41. The Bertz CT molecular complexity index is 328. The van der Waals surface area contributed by atoms with Crippen molar-refractivity contribution in [2.75, 3.05) is 0 Å². The van der Waals surface area contributed by atoms with E-state index in [0.29, 0.717) is 0 Å². The molecule has 0 aromatic heterocycles. The van der Waals surface area contributed by atoms with Crippen molar-refractivity contribution in [2.24, 2.45) is 23.7 Å². The predicted octanol–water partition coefficient (Wildman–Crippen LogP) is 4.97. The average Bonchev–Trinajstić information content (AvgIpc) is 2.55. The second-order valence-electron chi connectivity index (χ2n) is 6.52. The van der Waals surface area contributed by atoms with Gasteiger partial charge in [-0.05, 0) is 55.4 Å². The molecule has 2 aliphatic carbocycles. The van der Waals surface area contributed by atoms with Gasteiger partial charge in [-0.1, -0.05) is 44.9 Å². The highest BCUT2D eigenvalue weighted by molar-refractivity contribution is 5.41. The highest BCUT2D eigenvalue weighted by atomic mass is 14.4. The van der Waals surface area contributed by atoms with Crippen molar-refractivity contribution in [3.05, 3.63) is 22.8 Å². The first-order chi connectivity index (χ1) is 7.49. The maximum absolute atomic E-state index is 2.48. The zero-order valence-electron chi connectivity index (χ0n) is 11.5. The van der Waals surface area contributed by atoms with Gasteiger partial charge in [-0.3, -0.25) is 0 Å². The Morgan fingerprint density at radius 3 is 2.38 bits per heavy atom. The van der Waals surface area contributed by atoms with Gasteiger partial charge in [0.25, 0.3) is 0 Å². The molecule has 0 amide bonds. The Balaban J connectivity index is 2.25. The maximum atomic E-state index is 2.48. The van der Waals surface area contributed by atoms with Crippen LogP contribution in [0.15, 0.2) is 22.8 Å². The van der Waals surface area contributed by atoms with Crippen molar-refractivity contribution < 1.29 is 0 Å². The summed E-state index contributed by atoms with van der Waals surface area (Å²) >= 11 is 0. The smallest absolute Gasteiger partial charge is 0.0102 e. The standard InChI is InChI=1S/C16H26/c1-10(2)13-8-14-6-12(5)7-16(14)15(9-13)11(3)4/h7,10-11,13,15H,6,8-9H2,1-5H3. The zero-order valence-corrected chi connectivity index (χ0v) is 11.5. The fraction of sp³-hybridized carbons (Fsp3) is 0.750. The summed E-state index contributed by atoms with van der Waals surface area (Å²) in [7, 11) is 0. The summed E-state index contributed by atoms with van der Waals surface area (Å²) < 4.78 is 0. The van der Waals surface area contributed by atoms with E-state index < -0.39 is 0 Å². The van der Waals surface area contributed by atoms with E-state index >= 15 is 0 Å². The van der Waals surface area contributed by atoms with Crippen LogP contribution in [0.5, 0.6) is 0 Å². The molecular weight excluding hydrogens is 192 g/mol. The predicted molar refractivity (Wildman–Crippen MR) is 71.3 cm³/mol. The van der Waals surface area contributed by atoms with Crippen LogP contribution in [0.1, 0.15) is 53.9 Å². The second-order valence-corrected chi connectivity index (χ2v) is 6.52. The third-order valence-electron chi connectivity index (χ3n) is 4.51. The monoisotopic (exact) mass is 218 g/mol. The average molecular weight is 218 g/mol. The van der Waals surface area contributed by atoms with Crippen molar-refractivity contribution in [3.8, 4) is 0 Å².